The number of esters is 1. The minimum atomic E-state index is -1.34. The second kappa shape index (κ2) is 6.56. The van der Waals surface area contributed by atoms with Crippen LogP contribution in [0, 0.1) is 11.8 Å². The Morgan fingerprint density at radius 3 is 2.54 bits per heavy atom. The molecule has 0 radical (unpaired) electrons. The first-order valence-corrected chi connectivity index (χ1v) is 9.08. The van der Waals surface area contributed by atoms with Crippen LogP contribution < -0.4 is 5.32 Å². The molecule has 0 bridgehead atoms. The van der Waals surface area contributed by atoms with Crippen LogP contribution in [-0.4, -0.2) is 51.9 Å². The van der Waals surface area contributed by atoms with Gasteiger partial charge in [0.05, 0.1) is 37.0 Å². The number of imidazole rings is 1. The number of methoxy groups -OCH3 is 1. The maximum atomic E-state index is 13.1. The number of hydrogen-bond donors (Lipinski definition) is 1. The molecule has 1 N–H and O–H groups in total. The van der Waals surface area contributed by atoms with Crippen molar-refractivity contribution in [1.29, 1.82) is 0 Å². The molecule has 0 spiro atoms. The minimum absolute atomic E-state index is 0.239. The molecule has 0 saturated carbocycles. The Balaban J connectivity index is 1.87. The summed E-state index contributed by atoms with van der Waals surface area (Å²) in [6.45, 7) is 0. The molecule has 2 saturated heterocycles. The molecule has 28 heavy (non-hydrogen) atoms. The van der Waals surface area contributed by atoms with Gasteiger partial charge in [0, 0.05) is 26.7 Å². The van der Waals surface area contributed by atoms with Gasteiger partial charge in [0.2, 0.25) is 11.8 Å². The summed E-state index contributed by atoms with van der Waals surface area (Å²) in [5.74, 6) is -2.76. The number of hydrogen-bond acceptors (Lipinski definition) is 6. The van der Waals surface area contributed by atoms with Crippen LogP contribution in [0.5, 0.6) is 0 Å². The SMILES string of the molecule is COC(=O)[C@@]1(Cc2ccccc2)N[C@@H](c2cncn2C)[C@H]2C(=O)N(C)C(=O)[C@H]21. The average Bonchev–Trinajstić information content (AvgIpc) is 3.33. The van der Waals surface area contributed by atoms with E-state index in [-0.39, 0.29) is 18.2 Å². The van der Waals surface area contributed by atoms with E-state index in [1.54, 1.807) is 17.1 Å². The molecule has 4 atom stereocenters. The number of carbonyl (C=O) groups excluding carboxylic acids is 3. The van der Waals surface area contributed by atoms with Crippen molar-refractivity contribution in [1.82, 2.24) is 19.8 Å². The second-order valence-corrected chi connectivity index (χ2v) is 7.42. The minimum Gasteiger partial charge on any atom is -0.468 e. The van der Waals surface area contributed by atoms with Crippen LogP contribution in [0.2, 0.25) is 0 Å². The molecular weight excluding hydrogens is 360 g/mol. The van der Waals surface area contributed by atoms with E-state index >= 15 is 0 Å². The monoisotopic (exact) mass is 382 g/mol. The van der Waals surface area contributed by atoms with Gasteiger partial charge in [0.15, 0.2) is 0 Å². The smallest absolute Gasteiger partial charge is 0.327 e. The van der Waals surface area contributed by atoms with Crippen LogP contribution in [0.1, 0.15) is 17.3 Å². The molecule has 1 aromatic carbocycles. The number of rotatable bonds is 4. The summed E-state index contributed by atoms with van der Waals surface area (Å²) in [4.78, 5) is 44.3. The quantitative estimate of drug-likeness (QED) is 0.610. The number of aromatic nitrogens is 2. The third-order valence-electron chi connectivity index (χ3n) is 5.92. The molecule has 0 unspecified atom stereocenters. The van der Waals surface area contributed by atoms with Gasteiger partial charge in [-0.15, -0.1) is 0 Å². The lowest BCUT2D eigenvalue weighted by atomic mass is 9.76. The van der Waals surface area contributed by atoms with Gasteiger partial charge in [-0.05, 0) is 5.56 Å². The Bertz CT molecular complexity index is 941. The van der Waals surface area contributed by atoms with Crippen molar-refractivity contribution in [3.8, 4) is 0 Å². The van der Waals surface area contributed by atoms with Crippen molar-refractivity contribution in [3.05, 3.63) is 54.1 Å². The molecule has 2 amide bonds. The van der Waals surface area contributed by atoms with Gasteiger partial charge in [-0.2, -0.15) is 0 Å². The summed E-state index contributed by atoms with van der Waals surface area (Å²) in [6.07, 6.45) is 3.52. The van der Waals surface area contributed by atoms with E-state index < -0.39 is 29.4 Å². The number of ether oxygens (including phenoxy) is 1. The van der Waals surface area contributed by atoms with Crippen LogP contribution in [0.3, 0.4) is 0 Å². The standard InChI is InChI=1S/C20H22N4O4/c1-23-11-21-10-13(23)16-14-15(18(26)24(2)17(14)25)20(22-16,19(27)28-3)9-12-7-5-4-6-8-12/h4-8,10-11,14-16,22H,9H2,1-3H3/t14-,15-,16-,20-/m0/s1. The van der Waals surface area contributed by atoms with E-state index in [0.29, 0.717) is 0 Å². The van der Waals surface area contributed by atoms with E-state index in [1.807, 2.05) is 37.4 Å². The highest BCUT2D eigenvalue weighted by Crippen LogP contribution is 2.49. The lowest BCUT2D eigenvalue weighted by molar-refractivity contribution is -0.153. The lowest BCUT2D eigenvalue weighted by Crippen LogP contribution is -2.57. The first-order chi connectivity index (χ1) is 13.4. The maximum absolute atomic E-state index is 13.1. The highest BCUT2D eigenvalue weighted by atomic mass is 16.5. The number of carbonyl (C=O) groups is 3. The summed E-state index contributed by atoms with van der Waals surface area (Å²) < 4.78 is 6.92. The molecule has 8 heteroatoms. The molecule has 146 valence electrons. The first kappa shape index (κ1) is 18.4. The van der Waals surface area contributed by atoms with E-state index in [0.717, 1.165) is 16.2 Å². The van der Waals surface area contributed by atoms with Crippen molar-refractivity contribution in [2.75, 3.05) is 14.2 Å². The number of likely N-dealkylation sites (tertiary alicyclic amines) is 1. The highest BCUT2D eigenvalue weighted by Gasteiger charge is 2.68. The van der Waals surface area contributed by atoms with Crippen molar-refractivity contribution >= 4 is 17.8 Å². The van der Waals surface area contributed by atoms with Crippen LogP contribution >= 0.6 is 0 Å². The van der Waals surface area contributed by atoms with Crippen molar-refractivity contribution in [2.24, 2.45) is 18.9 Å². The summed E-state index contributed by atoms with van der Waals surface area (Å²) in [6, 6.07) is 8.89. The normalized spacial score (nSPS) is 29.2. The topological polar surface area (TPSA) is 93.5 Å². The number of benzene rings is 1. The van der Waals surface area contributed by atoms with Crippen molar-refractivity contribution < 1.29 is 19.1 Å². The van der Waals surface area contributed by atoms with E-state index in [4.69, 9.17) is 4.74 Å². The predicted octanol–water partition coefficient (Wildman–Crippen LogP) is 0.450. The summed E-state index contributed by atoms with van der Waals surface area (Å²) in [5.41, 5.74) is 0.276. The number of nitrogens with zero attached hydrogens (tertiary/aromatic N) is 3. The molecule has 2 aromatic rings. The third kappa shape index (κ3) is 2.48. The van der Waals surface area contributed by atoms with Gasteiger partial charge in [0.25, 0.3) is 0 Å². The van der Waals surface area contributed by atoms with Gasteiger partial charge >= 0.3 is 5.97 Å². The van der Waals surface area contributed by atoms with E-state index in [2.05, 4.69) is 10.3 Å². The number of aryl methyl sites for hydroxylation is 1. The van der Waals surface area contributed by atoms with Crippen LogP contribution in [0.25, 0.3) is 0 Å². The Hall–Kier alpha value is -3.00. The summed E-state index contributed by atoms with van der Waals surface area (Å²) >= 11 is 0. The molecule has 2 aliphatic heterocycles. The fraction of sp³-hybridized carbons (Fsp3) is 0.400. The Kier molecular flexibility index (Phi) is 4.30. The number of imide groups is 1. The Labute approximate surface area is 162 Å². The van der Waals surface area contributed by atoms with E-state index in [9.17, 15) is 14.4 Å². The largest absolute Gasteiger partial charge is 0.468 e. The number of nitrogens with one attached hydrogen (secondary N) is 1. The van der Waals surface area contributed by atoms with Crippen LogP contribution in [0.4, 0.5) is 0 Å². The molecule has 8 nitrogen and oxygen atoms in total. The van der Waals surface area contributed by atoms with Crippen molar-refractivity contribution in [2.45, 2.75) is 18.0 Å². The number of amides is 2. The van der Waals surface area contributed by atoms with Gasteiger partial charge < -0.3 is 9.30 Å². The van der Waals surface area contributed by atoms with Gasteiger partial charge in [-0.3, -0.25) is 24.6 Å². The van der Waals surface area contributed by atoms with E-state index in [1.165, 1.54) is 14.2 Å². The van der Waals surface area contributed by atoms with Crippen LogP contribution in [0.15, 0.2) is 42.9 Å². The Morgan fingerprint density at radius 1 is 1.21 bits per heavy atom. The average molecular weight is 382 g/mol. The fourth-order valence-corrected chi connectivity index (χ4v) is 4.59. The summed E-state index contributed by atoms with van der Waals surface area (Å²) in [7, 11) is 4.58. The first-order valence-electron chi connectivity index (χ1n) is 9.08. The van der Waals surface area contributed by atoms with Gasteiger partial charge in [0.1, 0.15) is 5.54 Å². The molecule has 2 fully saturated rings. The molecule has 4 rings (SSSR count). The molecule has 3 heterocycles. The zero-order valence-electron chi connectivity index (χ0n) is 16.0. The molecule has 0 aliphatic carbocycles. The lowest BCUT2D eigenvalue weighted by Gasteiger charge is -2.32. The Morgan fingerprint density at radius 2 is 1.93 bits per heavy atom. The van der Waals surface area contributed by atoms with Crippen LogP contribution in [-0.2, 0) is 32.6 Å². The van der Waals surface area contributed by atoms with Gasteiger partial charge in [-0.25, -0.2) is 4.98 Å². The zero-order chi connectivity index (χ0) is 20.1. The molecule has 2 aliphatic rings. The summed E-state index contributed by atoms with van der Waals surface area (Å²) in [5, 5.41) is 3.33. The fourth-order valence-electron chi connectivity index (χ4n) is 4.59. The maximum Gasteiger partial charge on any atom is 0.327 e. The molecule has 1 aromatic heterocycles. The molecular formula is C20H22N4O4. The third-order valence-corrected chi connectivity index (χ3v) is 5.92. The van der Waals surface area contributed by atoms with Gasteiger partial charge in [-0.1, -0.05) is 30.3 Å². The predicted molar refractivity (Wildman–Crippen MR) is 98.7 cm³/mol. The highest BCUT2D eigenvalue weighted by molar-refractivity contribution is 6.09. The zero-order valence-corrected chi connectivity index (χ0v) is 16.0. The second-order valence-electron chi connectivity index (χ2n) is 7.42. The number of fused-ring (bicyclic) bond motifs is 1. The van der Waals surface area contributed by atoms with Crippen molar-refractivity contribution in [3.63, 3.8) is 0 Å².